The van der Waals surface area contributed by atoms with Gasteiger partial charge in [0.2, 0.25) is 0 Å². The average Bonchev–Trinajstić information content (AvgIpc) is 2.48. The Kier molecular flexibility index (Phi) is 1.64. The molecular weight excluding hydrogens is 128 g/mol. The predicted molar refractivity (Wildman–Crippen MR) is 38.9 cm³/mol. The van der Waals surface area contributed by atoms with Gasteiger partial charge in [-0.2, -0.15) is 0 Å². The van der Waals surface area contributed by atoms with Crippen molar-refractivity contribution in [1.29, 1.82) is 0 Å². The second-order valence-electron chi connectivity index (χ2n) is 3.21. The molecule has 2 N–H and O–H groups in total. The lowest BCUT2D eigenvalue weighted by molar-refractivity contribution is 0.170. The standard InChI is InChI=1S/C7H14N2O/c10-2-1-9-5-6-3-7(9)4-8-6/h6-8,10H,1-5H2. The zero-order chi connectivity index (χ0) is 6.97. The van der Waals surface area contributed by atoms with Crippen LogP contribution in [0.3, 0.4) is 0 Å². The van der Waals surface area contributed by atoms with Gasteiger partial charge < -0.3 is 10.4 Å². The van der Waals surface area contributed by atoms with Crippen LogP contribution in [0.4, 0.5) is 0 Å². The number of nitrogens with zero attached hydrogens (tertiary/aromatic N) is 1. The monoisotopic (exact) mass is 142 g/mol. The molecule has 2 aliphatic heterocycles. The fourth-order valence-electron chi connectivity index (χ4n) is 2.05. The van der Waals surface area contributed by atoms with Gasteiger partial charge in [0.1, 0.15) is 0 Å². The van der Waals surface area contributed by atoms with E-state index in [-0.39, 0.29) is 0 Å². The Balaban J connectivity index is 1.90. The third kappa shape index (κ3) is 0.944. The summed E-state index contributed by atoms with van der Waals surface area (Å²) < 4.78 is 0. The Hall–Kier alpha value is -0.120. The quantitative estimate of drug-likeness (QED) is 0.520. The van der Waals surface area contributed by atoms with Crippen molar-refractivity contribution in [3.63, 3.8) is 0 Å². The molecule has 2 saturated heterocycles. The molecule has 0 saturated carbocycles. The van der Waals surface area contributed by atoms with Gasteiger partial charge in [0.25, 0.3) is 0 Å². The number of aliphatic hydroxyl groups excluding tert-OH is 1. The number of likely N-dealkylation sites (tertiary alicyclic amines) is 1. The van der Waals surface area contributed by atoms with E-state index in [1.807, 2.05) is 0 Å². The van der Waals surface area contributed by atoms with Crippen molar-refractivity contribution in [2.45, 2.75) is 18.5 Å². The Labute approximate surface area is 61.0 Å². The molecule has 0 aromatic carbocycles. The molecule has 0 aromatic rings. The van der Waals surface area contributed by atoms with E-state index in [1.165, 1.54) is 6.42 Å². The number of fused-ring (bicyclic) bond motifs is 2. The summed E-state index contributed by atoms with van der Waals surface area (Å²) in [5.41, 5.74) is 0. The third-order valence-corrected chi connectivity index (χ3v) is 2.56. The smallest absolute Gasteiger partial charge is 0.0558 e. The van der Waals surface area contributed by atoms with E-state index in [9.17, 15) is 0 Å². The van der Waals surface area contributed by atoms with Gasteiger partial charge in [-0.15, -0.1) is 0 Å². The normalized spacial score (nSPS) is 39.3. The van der Waals surface area contributed by atoms with E-state index >= 15 is 0 Å². The largest absolute Gasteiger partial charge is 0.395 e. The molecule has 10 heavy (non-hydrogen) atoms. The van der Waals surface area contributed by atoms with Crippen LogP contribution in [0, 0.1) is 0 Å². The van der Waals surface area contributed by atoms with Crippen LogP contribution >= 0.6 is 0 Å². The van der Waals surface area contributed by atoms with Crippen molar-refractivity contribution in [3.05, 3.63) is 0 Å². The summed E-state index contributed by atoms with van der Waals surface area (Å²) in [4.78, 5) is 2.38. The molecule has 2 bridgehead atoms. The van der Waals surface area contributed by atoms with E-state index in [1.54, 1.807) is 0 Å². The molecule has 2 aliphatic rings. The van der Waals surface area contributed by atoms with Gasteiger partial charge in [-0.1, -0.05) is 0 Å². The molecular formula is C7H14N2O. The van der Waals surface area contributed by atoms with Crippen molar-refractivity contribution < 1.29 is 5.11 Å². The summed E-state index contributed by atoms with van der Waals surface area (Å²) in [6, 6.07) is 1.44. The van der Waals surface area contributed by atoms with Crippen LogP contribution in [0.2, 0.25) is 0 Å². The zero-order valence-corrected chi connectivity index (χ0v) is 6.08. The molecule has 2 heterocycles. The highest BCUT2D eigenvalue weighted by molar-refractivity contribution is 4.96. The van der Waals surface area contributed by atoms with Gasteiger partial charge in [0, 0.05) is 31.7 Å². The lowest BCUT2D eigenvalue weighted by Crippen LogP contribution is -2.44. The molecule has 0 aliphatic carbocycles. The number of hydrogen-bond acceptors (Lipinski definition) is 3. The molecule has 3 heteroatoms. The minimum absolute atomic E-state index is 0.309. The van der Waals surface area contributed by atoms with E-state index in [4.69, 9.17) is 5.11 Å². The molecule has 0 spiro atoms. The summed E-state index contributed by atoms with van der Waals surface area (Å²) in [6.45, 7) is 3.45. The maximum atomic E-state index is 8.69. The summed E-state index contributed by atoms with van der Waals surface area (Å²) >= 11 is 0. The van der Waals surface area contributed by atoms with Crippen LogP contribution in [-0.4, -0.2) is 48.3 Å². The van der Waals surface area contributed by atoms with Crippen LogP contribution in [0.1, 0.15) is 6.42 Å². The first-order chi connectivity index (χ1) is 4.90. The van der Waals surface area contributed by atoms with Crippen molar-refractivity contribution >= 4 is 0 Å². The summed E-state index contributed by atoms with van der Waals surface area (Å²) in [5, 5.41) is 12.1. The molecule has 0 amide bonds. The van der Waals surface area contributed by atoms with Gasteiger partial charge in [-0.25, -0.2) is 0 Å². The molecule has 2 rings (SSSR count). The number of hydrogen-bond donors (Lipinski definition) is 2. The van der Waals surface area contributed by atoms with E-state index in [0.29, 0.717) is 6.61 Å². The number of aliphatic hydroxyl groups is 1. The van der Waals surface area contributed by atoms with Gasteiger partial charge in [-0.3, -0.25) is 4.90 Å². The first-order valence-electron chi connectivity index (χ1n) is 3.98. The van der Waals surface area contributed by atoms with Crippen molar-refractivity contribution in [2.24, 2.45) is 0 Å². The van der Waals surface area contributed by atoms with Crippen molar-refractivity contribution in [2.75, 3.05) is 26.2 Å². The van der Waals surface area contributed by atoms with E-state index in [0.717, 1.165) is 31.7 Å². The molecule has 2 atom stereocenters. The van der Waals surface area contributed by atoms with Crippen LogP contribution < -0.4 is 5.32 Å². The number of piperazine rings is 1. The number of nitrogens with one attached hydrogen (secondary N) is 1. The first kappa shape index (κ1) is 6.58. The first-order valence-corrected chi connectivity index (χ1v) is 3.98. The molecule has 3 nitrogen and oxygen atoms in total. The second-order valence-corrected chi connectivity index (χ2v) is 3.21. The van der Waals surface area contributed by atoms with Gasteiger partial charge in [0.05, 0.1) is 6.61 Å². The maximum absolute atomic E-state index is 8.69. The molecule has 2 fully saturated rings. The minimum atomic E-state index is 0.309. The van der Waals surface area contributed by atoms with E-state index < -0.39 is 0 Å². The zero-order valence-electron chi connectivity index (χ0n) is 6.08. The van der Waals surface area contributed by atoms with Gasteiger partial charge >= 0.3 is 0 Å². The van der Waals surface area contributed by atoms with Crippen molar-refractivity contribution in [3.8, 4) is 0 Å². The molecule has 0 aromatic heterocycles. The lowest BCUT2D eigenvalue weighted by atomic mass is 10.2. The summed E-state index contributed by atoms with van der Waals surface area (Å²) in [6.07, 6.45) is 1.29. The Morgan fingerprint density at radius 2 is 2.50 bits per heavy atom. The van der Waals surface area contributed by atoms with E-state index in [2.05, 4.69) is 10.2 Å². The summed E-state index contributed by atoms with van der Waals surface area (Å²) in [7, 11) is 0. The average molecular weight is 142 g/mol. The highest BCUT2D eigenvalue weighted by Crippen LogP contribution is 2.21. The Morgan fingerprint density at radius 1 is 1.60 bits per heavy atom. The van der Waals surface area contributed by atoms with Crippen LogP contribution in [-0.2, 0) is 0 Å². The van der Waals surface area contributed by atoms with Gasteiger partial charge in [0.15, 0.2) is 0 Å². The Bertz CT molecular complexity index is 129. The topological polar surface area (TPSA) is 35.5 Å². The lowest BCUT2D eigenvalue weighted by Gasteiger charge is -2.25. The Morgan fingerprint density at radius 3 is 3.00 bits per heavy atom. The maximum Gasteiger partial charge on any atom is 0.0558 e. The molecule has 0 radical (unpaired) electrons. The number of rotatable bonds is 2. The summed E-state index contributed by atoms with van der Waals surface area (Å²) in [5.74, 6) is 0. The third-order valence-electron chi connectivity index (χ3n) is 2.56. The van der Waals surface area contributed by atoms with Crippen LogP contribution in [0.25, 0.3) is 0 Å². The second kappa shape index (κ2) is 2.49. The van der Waals surface area contributed by atoms with Crippen molar-refractivity contribution in [1.82, 2.24) is 10.2 Å². The molecule has 2 unspecified atom stereocenters. The SMILES string of the molecule is OCCN1CC2CC1CN2. The van der Waals surface area contributed by atoms with Crippen LogP contribution in [0.5, 0.6) is 0 Å². The molecule has 58 valence electrons. The fourth-order valence-corrected chi connectivity index (χ4v) is 2.05. The number of β-amino-alcohol motifs (C(OH)–C–C–N with tert-alkyl or cyclic N) is 1. The highest BCUT2D eigenvalue weighted by Gasteiger charge is 2.36. The fraction of sp³-hybridized carbons (Fsp3) is 1.00. The predicted octanol–water partition coefficient (Wildman–Crippen LogP) is -0.975. The highest BCUT2D eigenvalue weighted by atomic mass is 16.3. The van der Waals surface area contributed by atoms with Crippen LogP contribution in [0.15, 0.2) is 0 Å². The van der Waals surface area contributed by atoms with Gasteiger partial charge in [-0.05, 0) is 6.42 Å². The minimum Gasteiger partial charge on any atom is -0.395 e.